The van der Waals surface area contributed by atoms with Gasteiger partial charge in [-0.3, -0.25) is 4.79 Å². The Labute approximate surface area is 127 Å². The normalized spacial score (nSPS) is 10.4. The topological polar surface area (TPSA) is 69.9 Å². The zero-order chi connectivity index (χ0) is 15.4. The van der Waals surface area contributed by atoms with Gasteiger partial charge in [-0.05, 0) is 22.9 Å². The predicted octanol–water partition coefficient (Wildman–Crippen LogP) is 1.96. The summed E-state index contributed by atoms with van der Waals surface area (Å²) in [7, 11) is 1.62. The highest BCUT2D eigenvalue weighted by Gasteiger charge is 2.14. The Hall–Kier alpha value is -3.02. The third-order valence-corrected chi connectivity index (χ3v) is 3.17. The molecule has 1 heterocycles. The third kappa shape index (κ3) is 3.01. The molecule has 0 atom stereocenters. The number of ketones is 1. The average molecular weight is 294 g/mol. The number of rotatable bonds is 5. The van der Waals surface area contributed by atoms with Crippen molar-refractivity contribution in [2.24, 2.45) is 0 Å². The Morgan fingerprint density at radius 1 is 1.09 bits per heavy atom. The molecule has 0 saturated heterocycles. The highest BCUT2D eigenvalue weighted by atomic mass is 16.5. The van der Waals surface area contributed by atoms with E-state index in [0.29, 0.717) is 12.1 Å². The first kappa shape index (κ1) is 13.9. The van der Waals surface area contributed by atoms with Crippen molar-refractivity contribution in [3.05, 3.63) is 71.5 Å². The summed E-state index contributed by atoms with van der Waals surface area (Å²) in [6.07, 6.45) is 0. The van der Waals surface area contributed by atoms with Crippen molar-refractivity contribution in [3.63, 3.8) is 0 Å². The van der Waals surface area contributed by atoms with E-state index in [1.54, 1.807) is 31.4 Å². The Kier molecular flexibility index (Phi) is 3.91. The number of nitrogens with zero attached hydrogens (tertiary/aromatic N) is 4. The molecule has 0 aliphatic rings. The van der Waals surface area contributed by atoms with Gasteiger partial charge in [0.05, 0.1) is 13.7 Å². The maximum atomic E-state index is 12.2. The number of benzene rings is 2. The van der Waals surface area contributed by atoms with Crippen LogP contribution in [0.1, 0.15) is 21.7 Å². The van der Waals surface area contributed by atoms with Crippen molar-refractivity contribution >= 4 is 5.78 Å². The highest BCUT2D eigenvalue weighted by molar-refractivity contribution is 6.06. The fraction of sp³-hybridized carbons (Fsp3) is 0.125. The standard InChI is InChI=1S/C16H14N4O2/c1-22-14-9-7-12(8-10-14)11-20-18-16(17-19-20)15(21)13-5-3-2-4-6-13/h2-10H,11H2,1H3. The van der Waals surface area contributed by atoms with E-state index in [-0.39, 0.29) is 11.6 Å². The molecule has 2 aromatic carbocycles. The van der Waals surface area contributed by atoms with E-state index in [2.05, 4.69) is 15.4 Å². The quantitative estimate of drug-likeness (QED) is 0.673. The molecule has 0 spiro atoms. The molecule has 6 nitrogen and oxygen atoms in total. The summed E-state index contributed by atoms with van der Waals surface area (Å²) < 4.78 is 5.11. The molecule has 110 valence electrons. The van der Waals surface area contributed by atoms with Crippen LogP contribution >= 0.6 is 0 Å². The fourth-order valence-corrected chi connectivity index (χ4v) is 2.01. The Balaban J connectivity index is 1.74. The van der Waals surface area contributed by atoms with Crippen LogP contribution in [-0.2, 0) is 6.54 Å². The Morgan fingerprint density at radius 3 is 2.50 bits per heavy atom. The van der Waals surface area contributed by atoms with Gasteiger partial charge in [-0.15, -0.1) is 10.2 Å². The molecule has 1 aromatic heterocycles. The van der Waals surface area contributed by atoms with E-state index < -0.39 is 0 Å². The van der Waals surface area contributed by atoms with Crippen molar-refractivity contribution in [2.75, 3.05) is 7.11 Å². The van der Waals surface area contributed by atoms with Crippen LogP contribution in [0.3, 0.4) is 0 Å². The van der Waals surface area contributed by atoms with Gasteiger partial charge >= 0.3 is 0 Å². The minimum absolute atomic E-state index is 0.0970. The summed E-state index contributed by atoms with van der Waals surface area (Å²) >= 11 is 0. The maximum Gasteiger partial charge on any atom is 0.245 e. The number of hydrogen-bond acceptors (Lipinski definition) is 5. The molecular formula is C16H14N4O2. The van der Waals surface area contributed by atoms with E-state index >= 15 is 0 Å². The molecule has 6 heteroatoms. The van der Waals surface area contributed by atoms with Crippen molar-refractivity contribution in [1.29, 1.82) is 0 Å². The second-order valence-electron chi connectivity index (χ2n) is 4.69. The summed E-state index contributed by atoms with van der Waals surface area (Å²) in [6, 6.07) is 16.5. The summed E-state index contributed by atoms with van der Waals surface area (Å²) in [5, 5.41) is 11.9. The van der Waals surface area contributed by atoms with Crippen LogP contribution in [0.15, 0.2) is 54.6 Å². The monoisotopic (exact) mass is 294 g/mol. The third-order valence-electron chi connectivity index (χ3n) is 3.17. The van der Waals surface area contributed by atoms with Gasteiger partial charge in [0.15, 0.2) is 0 Å². The minimum Gasteiger partial charge on any atom is -0.497 e. The summed E-state index contributed by atoms with van der Waals surface area (Å²) in [4.78, 5) is 13.6. The maximum absolute atomic E-state index is 12.2. The van der Waals surface area contributed by atoms with E-state index in [1.165, 1.54) is 4.80 Å². The average Bonchev–Trinajstić information content (AvgIpc) is 3.04. The summed E-state index contributed by atoms with van der Waals surface area (Å²) in [6.45, 7) is 0.444. The van der Waals surface area contributed by atoms with Gasteiger partial charge in [-0.1, -0.05) is 42.5 Å². The molecule has 0 aliphatic carbocycles. The molecule has 0 bridgehead atoms. The lowest BCUT2D eigenvalue weighted by Gasteiger charge is -2.02. The van der Waals surface area contributed by atoms with E-state index in [1.807, 2.05) is 30.3 Å². The fourth-order valence-electron chi connectivity index (χ4n) is 2.01. The highest BCUT2D eigenvalue weighted by Crippen LogP contribution is 2.12. The SMILES string of the molecule is COc1ccc(Cn2nnc(C(=O)c3ccccc3)n2)cc1. The first-order valence-corrected chi connectivity index (χ1v) is 6.77. The number of hydrogen-bond donors (Lipinski definition) is 0. The number of tetrazole rings is 1. The van der Waals surface area contributed by atoms with E-state index in [9.17, 15) is 4.79 Å². The van der Waals surface area contributed by atoms with Crippen molar-refractivity contribution in [2.45, 2.75) is 6.54 Å². The van der Waals surface area contributed by atoms with E-state index in [4.69, 9.17) is 4.74 Å². The number of carbonyl (C=O) groups excluding carboxylic acids is 1. The zero-order valence-electron chi connectivity index (χ0n) is 12.0. The van der Waals surface area contributed by atoms with Crippen LogP contribution in [-0.4, -0.2) is 33.1 Å². The largest absolute Gasteiger partial charge is 0.497 e. The van der Waals surface area contributed by atoms with Crippen LogP contribution < -0.4 is 4.74 Å². The molecule has 3 aromatic rings. The first-order chi connectivity index (χ1) is 10.8. The van der Waals surface area contributed by atoms with Gasteiger partial charge in [-0.2, -0.15) is 4.80 Å². The molecule has 0 aliphatic heterocycles. The molecule has 0 fully saturated rings. The molecule has 0 amide bonds. The Morgan fingerprint density at radius 2 is 1.82 bits per heavy atom. The molecule has 0 unspecified atom stereocenters. The predicted molar refractivity (Wildman–Crippen MR) is 79.8 cm³/mol. The lowest BCUT2D eigenvalue weighted by molar-refractivity contribution is 0.102. The molecule has 0 N–H and O–H groups in total. The van der Waals surface area contributed by atoms with Crippen molar-refractivity contribution in [3.8, 4) is 5.75 Å². The van der Waals surface area contributed by atoms with Crippen LogP contribution in [0.5, 0.6) is 5.75 Å². The lowest BCUT2D eigenvalue weighted by Crippen LogP contribution is -2.07. The van der Waals surface area contributed by atoms with Crippen LogP contribution in [0.4, 0.5) is 0 Å². The smallest absolute Gasteiger partial charge is 0.245 e. The number of carbonyl (C=O) groups is 1. The van der Waals surface area contributed by atoms with Gasteiger partial charge in [0.2, 0.25) is 11.6 Å². The molecular weight excluding hydrogens is 280 g/mol. The van der Waals surface area contributed by atoms with Gasteiger partial charge < -0.3 is 4.74 Å². The molecule has 0 radical (unpaired) electrons. The van der Waals surface area contributed by atoms with Gasteiger partial charge in [-0.25, -0.2) is 0 Å². The van der Waals surface area contributed by atoms with Crippen molar-refractivity contribution < 1.29 is 9.53 Å². The number of ether oxygens (including phenoxy) is 1. The zero-order valence-corrected chi connectivity index (χ0v) is 12.0. The summed E-state index contributed by atoms with van der Waals surface area (Å²) in [5.74, 6) is 0.650. The van der Waals surface area contributed by atoms with Gasteiger partial charge in [0.1, 0.15) is 5.75 Å². The minimum atomic E-state index is -0.235. The second-order valence-corrected chi connectivity index (χ2v) is 4.69. The summed E-state index contributed by atoms with van der Waals surface area (Å²) in [5.41, 5.74) is 1.54. The van der Waals surface area contributed by atoms with Gasteiger partial charge in [0.25, 0.3) is 0 Å². The van der Waals surface area contributed by atoms with Crippen LogP contribution in [0, 0.1) is 0 Å². The van der Waals surface area contributed by atoms with Crippen LogP contribution in [0.25, 0.3) is 0 Å². The van der Waals surface area contributed by atoms with E-state index in [0.717, 1.165) is 11.3 Å². The van der Waals surface area contributed by atoms with Gasteiger partial charge in [0, 0.05) is 5.56 Å². The number of methoxy groups -OCH3 is 1. The Bertz CT molecular complexity index is 766. The lowest BCUT2D eigenvalue weighted by atomic mass is 10.1. The van der Waals surface area contributed by atoms with Crippen LogP contribution in [0.2, 0.25) is 0 Å². The number of aromatic nitrogens is 4. The first-order valence-electron chi connectivity index (χ1n) is 6.77. The molecule has 22 heavy (non-hydrogen) atoms. The second kappa shape index (κ2) is 6.17. The molecule has 0 saturated carbocycles. The molecule has 3 rings (SSSR count). The van der Waals surface area contributed by atoms with Crippen molar-refractivity contribution in [1.82, 2.24) is 20.2 Å².